The van der Waals surface area contributed by atoms with E-state index in [1.165, 1.54) is 16.8 Å². The van der Waals surface area contributed by atoms with Gasteiger partial charge in [0.15, 0.2) is 5.65 Å². The number of pyridine rings is 2. The molecule has 3 aromatic rings. The lowest BCUT2D eigenvalue weighted by molar-refractivity contribution is 0.0695. The molecule has 124 valence electrons. The van der Waals surface area contributed by atoms with E-state index < -0.39 is 11.4 Å². The van der Waals surface area contributed by atoms with Crippen molar-refractivity contribution in [3.8, 4) is 5.13 Å². The molecule has 0 aliphatic heterocycles. The van der Waals surface area contributed by atoms with Crippen molar-refractivity contribution in [2.24, 2.45) is 0 Å². The van der Waals surface area contributed by atoms with Crippen molar-refractivity contribution in [2.75, 3.05) is 19.0 Å². The van der Waals surface area contributed by atoms with E-state index in [1.807, 2.05) is 0 Å². The number of aromatic nitrogens is 4. The summed E-state index contributed by atoms with van der Waals surface area (Å²) < 4.78 is 5.62. The number of carboxylic acids is 1. The van der Waals surface area contributed by atoms with E-state index >= 15 is 0 Å². The molecule has 0 bridgehead atoms. The smallest absolute Gasteiger partial charge is 0.341 e. The second-order valence-corrected chi connectivity index (χ2v) is 6.40. The van der Waals surface area contributed by atoms with Gasteiger partial charge in [-0.1, -0.05) is 11.6 Å². The lowest BCUT2D eigenvalue weighted by Crippen LogP contribution is -2.20. The molecule has 0 aromatic carbocycles. The maximum absolute atomic E-state index is 12.5. The highest BCUT2D eigenvalue weighted by Crippen LogP contribution is 2.23. The Morgan fingerprint density at radius 1 is 1.38 bits per heavy atom. The number of carbonyl (C=O) groups is 1. The first-order chi connectivity index (χ1) is 11.3. The molecule has 0 unspecified atom stereocenters. The Kier molecular flexibility index (Phi) is 3.98. The minimum absolute atomic E-state index is 0.195. The molecule has 0 saturated carbocycles. The SMILES string of the molecule is Cc1cc(Cl)nc2c1c(=O)c(C(=O)O)cn2-c1nc(N(C)C)ns1. The molecular weight excluding hydrogens is 354 g/mol. The van der Waals surface area contributed by atoms with Crippen LogP contribution < -0.4 is 10.3 Å². The van der Waals surface area contributed by atoms with Crippen LogP contribution in [0.25, 0.3) is 16.2 Å². The average Bonchev–Trinajstić information content (AvgIpc) is 2.96. The molecule has 0 aliphatic carbocycles. The number of aromatic carboxylic acids is 1. The monoisotopic (exact) mass is 365 g/mol. The third kappa shape index (κ3) is 2.61. The number of nitrogens with zero attached hydrogens (tertiary/aromatic N) is 5. The topological polar surface area (TPSA) is 101 Å². The van der Waals surface area contributed by atoms with E-state index in [4.69, 9.17) is 11.6 Å². The van der Waals surface area contributed by atoms with Crippen molar-refractivity contribution < 1.29 is 9.90 Å². The third-order valence-corrected chi connectivity index (χ3v) is 4.26. The molecule has 3 rings (SSSR count). The highest BCUT2D eigenvalue weighted by molar-refractivity contribution is 7.08. The zero-order valence-corrected chi connectivity index (χ0v) is 14.5. The summed E-state index contributed by atoms with van der Waals surface area (Å²) in [5.41, 5.74) is -0.176. The number of carboxylic acid groups (broad SMARTS) is 1. The molecule has 8 nitrogen and oxygen atoms in total. The van der Waals surface area contributed by atoms with Gasteiger partial charge in [0.05, 0.1) is 5.39 Å². The maximum Gasteiger partial charge on any atom is 0.341 e. The van der Waals surface area contributed by atoms with Gasteiger partial charge in [0.25, 0.3) is 0 Å². The van der Waals surface area contributed by atoms with Crippen molar-refractivity contribution >= 4 is 46.1 Å². The Morgan fingerprint density at radius 2 is 2.08 bits per heavy atom. The number of rotatable bonds is 3. The largest absolute Gasteiger partial charge is 0.477 e. The molecular formula is C14H12ClN5O3S. The second kappa shape index (κ2) is 5.84. The van der Waals surface area contributed by atoms with Gasteiger partial charge in [-0.2, -0.15) is 9.36 Å². The Bertz CT molecular complexity index is 1030. The van der Waals surface area contributed by atoms with Crippen LogP contribution in [0.2, 0.25) is 5.15 Å². The predicted molar refractivity (Wildman–Crippen MR) is 91.8 cm³/mol. The number of aryl methyl sites for hydroxylation is 1. The molecule has 0 aliphatic rings. The minimum atomic E-state index is -1.32. The lowest BCUT2D eigenvalue weighted by Gasteiger charge is -2.10. The lowest BCUT2D eigenvalue weighted by atomic mass is 10.1. The molecule has 0 spiro atoms. The standard InChI is InChI=1S/C14H12ClN5O3S/c1-6-4-8(15)16-11-9(6)10(21)7(12(22)23)5-20(11)14-17-13(18-24-14)19(2)3/h4-5H,1-3H3,(H,22,23). The van der Waals surface area contributed by atoms with Crippen molar-refractivity contribution in [3.05, 3.63) is 38.8 Å². The van der Waals surface area contributed by atoms with E-state index in [0.717, 1.165) is 11.5 Å². The molecule has 3 aromatic heterocycles. The van der Waals surface area contributed by atoms with Crippen molar-refractivity contribution in [1.82, 2.24) is 18.9 Å². The molecule has 3 heterocycles. The highest BCUT2D eigenvalue weighted by Gasteiger charge is 2.20. The molecule has 0 saturated heterocycles. The summed E-state index contributed by atoms with van der Waals surface area (Å²) in [5.74, 6) is -0.847. The summed E-state index contributed by atoms with van der Waals surface area (Å²) >= 11 is 7.08. The van der Waals surface area contributed by atoms with Gasteiger partial charge in [0.1, 0.15) is 10.7 Å². The van der Waals surface area contributed by atoms with Crippen LogP contribution in [0.3, 0.4) is 0 Å². The Balaban J connectivity index is 2.43. The van der Waals surface area contributed by atoms with Crippen molar-refractivity contribution in [1.29, 1.82) is 0 Å². The molecule has 24 heavy (non-hydrogen) atoms. The summed E-state index contributed by atoms with van der Waals surface area (Å²) in [6.45, 7) is 1.68. The van der Waals surface area contributed by atoms with Crippen LogP contribution in [-0.2, 0) is 0 Å². The average molecular weight is 366 g/mol. The normalized spacial score (nSPS) is 11.0. The fourth-order valence-corrected chi connectivity index (χ4v) is 3.20. The fourth-order valence-electron chi connectivity index (χ4n) is 2.24. The van der Waals surface area contributed by atoms with Crippen LogP contribution in [0.4, 0.5) is 5.95 Å². The number of hydrogen-bond donors (Lipinski definition) is 1. The van der Waals surface area contributed by atoms with E-state index in [2.05, 4.69) is 14.3 Å². The van der Waals surface area contributed by atoms with Gasteiger partial charge in [-0.05, 0) is 18.6 Å². The highest BCUT2D eigenvalue weighted by atomic mass is 35.5. The molecule has 0 atom stereocenters. The van der Waals surface area contributed by atoms with Gasteiger partial charge in [-0.15, -0.1) is 0 Å². The summed E-state index contributed by atoms with van der Waals surface area (Å²) in [4.78, 5) is 34.2. The molecule has 0 fully saturated rings. The van der Waals surface area contributed by atoms with Gasteiger partial charge in [0.2, 0.25) is 16.5 Å². The third-order valence-electron chi connectivity index (χ3n) is 3.37. The van der Waals surface area contributed by atoms with Gasteiger partial charge >= 0.3 is 5.97 Å². The van der Waals surface area contributed by atoms with E-state index in [-0.39, 0.29) is 21.7 Å². The van der Waals surface area contributed by atoms with Crippen LogP contribution in [-0.4, -0.2) is 44.1 Å². The van der Waals surface area contributed by atoms with E-state index in [9.17, 15) is 14.7 Å². The first-order valence-corrected chi connectivity index (χ1v) is 7.92. The van der Waals surface area contributed by atoms with Gasteiger partial charge in [-0.3, -0.25) is 9.36 Å². The first kappa shape index (κ1) is 16.3. The first-order valence-electron chi connectivity index (χ1n) is 6.77. The maximum atomic E-state index is 12.5. The number of halogens is 1. The Morgan fingerprint density at radius 3 is 2.67 bits per heavy atom. The van der Waals surface area contributed by atoms with Crippen LogP contribution in [0.5, 0.6) is 0 Å². The second-order valence-electron chi connectivity index (χ2n) is 5.28. The number of anilines is 1. The summed E-state index contributed by atoms with van der Waals surface area (Å²) in [6, 6.07) is 1.52. The molecule has 0 amide bonds. The van der Waals surface area contributed by atoms with E-state index in [0.29, 0.717) is 16.6 Å². The summed E-state index contributed by atoms with van der Waals surface area (Å²) in [7, 11) is 3.58. The Labute approximate surface area is 145 Å². The van der Waals surface area contributed by atoms with Crippen LogP contribution in [0.15, 0.2) is 17.1 Å². The van der Waals surface area contributed by atoms with Crippen LogP contribution in [0.1, 0.15) is 15.9 Å². The molecule has 1 N–H and O–H groups in total. The summed E-state index contributed by atoms with van der Waals surface area (Å²) in [6.07, 6.45) is 1.20. The molecule has 0 radical (unpaired) electrons. The quantitative estimate of drug-likeness (QED) is 0.708. The number of fused-ring (bicyclic) bond motifs is 1. The van der Waals surface area contributed by atoms with Gasteiger partial charge in [0, 0.05) is 31.8 Å². The zero-order chi connectivity index (χ0) is 17.6. The summed E-state index contributed by atoms with van der Waals surface area (Å²) in [5, 5.41) is 10.1. The predicted octanol–water partition coefficient (Wildman–Crippen LogP) is 1.96. The van der Waals surface area contributed by atoms with Gasteiger partial charge in [-0.25, -0.2) is 9.78 Å². The van der Waals surface area contributed by atoms with Crippen LogP contribution >= 0.6 is 23.1 Å². The van der Waals surface area contributed by atoms with Crippen molar-refractivity contribution in [2.45, 2.75) is 6.92 Å². The number of hydrogen-bond acceptors (Lipinski definition) is 7. The van der Waals surface area contributed by atoms with Crippen LogP contribution in [0, 0.1) is 6.92 Å². The van der Waals surface area contributed by atoms with Gasteiger partial charge < -0.3 is 10.0 Å². The van der Waals surface area contributed by atoms with Crippen molar-refractivity contribution in [3.63, 3.8) is 0 Å². The minimum Gasteiger partial charge on any atom is -0.477 e. The fraction of sp³-hybridized carbons (Fsp3) is 0.214. The Hall–Kier alpha value is -2.52. The van der Waals surface area contributed by atoms with E-state index in [1.54, 1.807) is 25.9 Å². The zero-order valence-electron chi connectivity index (χ0n) is 12.9. The molecule has 10 heteroatoms.